The van der Waals surface area contributed by atoms with E-state index in [1.165, 1.54) is 6.92 Å². The zero-order valence-electron chi connectivity index (χ0n) is 11.3. The molecule has 0 spiro atoms. The second-order valence-corrected chi connectivity index (χ2v) is 4.52. The summed E-state index contributed by atoms with van der Waals surface area (Å²) in [6.45, 7) is 1.52. The molecule has 102 valence electrons. The fraction of sp³-hybridized carbons (Fsp3) is 0.125. The lowest BCUT2D eigenvalue weighted by Crippen LogP contribution is -2.11. The van der Waals surface area contributed by atoms with E-state index in [1.807, 2.05) is 30.1 Å². The van der Waals surface area contributed by atoms with Gasteiger partial charge in [-0.15, -0.1) is 0 Å². The van der Waals surface area contributed by atoms with E-state index in [-0.39, 0.29) is 11.3 Å². The zero-order chi connectivity index (χ0) is 14.7. The molecular weight excluding hydrogens is 254 g/mol. The summed E-state index contributed by atoms with van der Waals surface area (Å²) in [6, 6.07) is 13.9. The van der Waals surface area contributed by atoms with Gasteiger partial charge in [-0.3, -0.25) is 4.79 Å². The van der Waals surface area contributed by atoms with Gasteiger partial charge in [-0.25, -0.2) is 4.79 Å². The maximum absolute atomic E-state index is 11.4. The van der Waals surface area contributed by atoms with Gasteiger partial charge in [0.05, 0.1) is 5.56 Å². The fourth-order valence-electron chi connectivity index (χ4n) is 1.93. The molecule has 0 radical (unpaired) electrons. The van der Waals surface area contributed by atoms with Crippen molar-refractivity contribution in [3.63, 3.8) is 0 Å². The molecule has 0 fully saturated rings. The van der Waals surface area contributed by atoms with Crippen molar-refractivity contribution in [2.45, 2.75) is 6.92 Å². The molecule has 4 nitrogen and oxygen atoms in total. The molecule has 2 aromatic carbocycles. The molecule has 20 heavy (non-hydrogen) atoms. The lowest BCUT2D eigenvalue weighted by Gasteiger charge is -2.20. The zero-order valence-corrected chi connectivity index (χ0v) is 11.3. The Morgan fingerprint density at radius 2 is 1.45 bits per heavy atom. The predicted octanol–water partition coefficient (Wildman–Crippen LogP) is 3.36. The molecule has 0 saturated carbocycles. The van der Waals surface area contributed by atoms with Gasteiger partial charge >= 0.3 is 5.97 Å². The molecule has 0 unspecified atom stereocenters. The minimum absolute atomic E-state index is 0.000429. The lowest BCUT2D eigenvalue weighted by molar-refractivity contribution is 0.0696. The van der Waals surface area contributed by atoms with Crippen LogP contribution < -0.4 is 4.90 Å². The monoisotopic (exact) mass is 269 g/mol. The first kappa shape index (κ1) is 13.8. The Labute approximate surface area is 117 Å². The lowest BCUT2D eigenvalue weighted by atomic mass is 10.1. The maximum atomic E-state index is 11.4. The molecule has 4 heteroatoms. The molecule has 0 aromatic heterocycles. The van der Waals surface area contributed by atoms with Gasteiger partial charge < -0.3 is 10.0 Å². The third kappa shape index (κ3) is 2.85. The van der Waals surface area contributed by atoms with Crippen LogP contribution in [0.25, 0.3) is 0 Å². The van der Waals surface area contributed by atoms with Crippen molar-refractivity contribution < 1.29 is 14.7 Å². The van der Waals surface area contributed by atoms with Crippen molar-refractivity contribution in [3.8, 4) is 0 Å². The van der Waals surface area contributed by atoms with Crippen LogP contribution in [0, 0.1) is 0 Å². The van der Waals surface area contributed by atoms with E-state index < -0.39 is 5.97 Å². The van der Waals surface area contributed by atoms with Gasteiger partial charge in [-0.1, -0.05) is 18.2 Å². The Morgan fingerprint density at radius 1 is 0.950 bits per heavy atom. The first-order valence-corrected chi connectivity index (χ1v) is 6.17. The summed E-state index contributed by atoms with van der Waals surface area (Å²) in [5.74, 6) is -0.961. The van der Waals surface area contributed by atoms with Gasteiger partial charge in [-0.05, 0) is 37.3 Å². The Hall–Kier alpha value is -2.62. The number of carboxylic acid groups (broad SMARTS) is 1. The predicted molar refractivity (Wildman–Crippen MR) is 77.9 cm³/mol. The van der Waals surface area contributed by atoms with Crippen LogP contribution in [-0.4, -0.2) is 23.9 Å². The van der Waals surface area contributed by atoms with Crippen LogP contribution in [0.15, 0.2) is 48.5 Å². The highest BCUT2D eigenvalue weighted by atomic mass is 16.4. The summed E-state index contributed by atoms with van der Waals surface area (Å²) < 4.78 is 0. The summed E-state index contributed by atoms with van der Waals surface area (Å²) >= 11 is 0. The number of benzene rings is 2. The third-order valence-electron chi connectivity index (χ3n) is 3.12. The normalized spacial score (nSPS) is 10.1. The first-order valence-electron chi connectivity index (χ1n) is 6.17. The van der Waals surface area contributed by atoms with Crippen molar-refractivity contribution in [1.82, 2.24) is 0 Å². The Kier molecular flexibility index (Phi) is 3.84. The molecule has 0 aliphatic heterocycles. The van der Waals surface area contributed by atoms with Gasteiger partial charge in [0.2, 0.25) is 0 Å². The molecule has 0 aliphatic rings. The molecular formula is C16H15NO3. The van der Waals surface area contributed by atoms with Crippen LogP contribution in [0.4, 0.5) is 11.4 Å². The third-order valence-corrected chi connectivity index (χ3v) is 3.12. The Morgan fingerprint density at radius 3 is 1.95 bits per heavy atom. The number of aromatic carboxylic acids is 1. The first-order chi connectivity index (χ1) is 9.49. The van der Waals surface area contributed by atoms with E-state index >= 15 is 0 Å². The summed E-state index contributed by atoms with van der Waals surface area (Å²) in [7, 11) is 1.83. The Balaban J connectivity index is 2.38. The van der Waals surface area contributed by atoms with Crippen LogP contribution in [0.3, 0.4) is 0 Å². The minimum atomic E-state index is -0.960. The number of ketones is 1. The molecule has 0 heterocycles. The van der Waals surface area contributed by atoms with Crippen molar-refractivity contribution in [2.24, 2.45) is 0 Å². The highest BCUT2D eigenvalue weighted by Gasteiger charge is 2.09. The number of carbonyl (C=O) groups is 2. The molecule has 0 atom stereocenters. The quantitative estimate of drug-likeness (QED) is 0.865. The number of rotatable bonds is 4. The van der Waals surface area contributed by atoms with Crippen molar-refractivity contribution in [1.29, 1.82) is 0 Å². The second kappa shape index (κ2) is 5.57. The smallest absolute Gasteiger partial charge is 0.335 e. The van der Waals surface area contributed by atoms with E-state index in [4.69, 9.17) is 5.11 Å². The molecule has 0 aliphatic carbocycles. The number of carboxylic acids is 1. The maximum Gasteiger partial charge on any atom is 0.335 e. The van der Waals surface area contributed by atoms with Crippen molar-refractivity contribution in [3.05, 3.63) is 59.7 Å². The van der Waals surface area contributed by atoms with Crippen molar-refractivity contribution in [2.75, 3.05) is 11.9 Å². The van der Waals surface area contributed by atoms with Crippen molar-refractivity contribution >= 4 is 23.1 Å². The van der Waals surface area contributed by atoms with E-state index in [1.54, 1.807) is 30.3 Å². The van der Waals surface area contributed by atoms with E-state index in [2.05, 4.69) is 0 Å². The minimum Gasteiger partial charge on any atom is -0.478 e. The summed E-state index contributed by atoms with van der Waals surface area (Å²) in [4.78, 5) is 24.2. The van der Waals surface area contributed by atoms with Gasteiger partial charge in [0.1, 0.15) is 0 Å². The number of Topliss-reactive ketones (excluding diaryl/α,β-unsaturated/α-hetero) is 1. The standard InChI is InChI=1S/C16H15NO3/c1-11(18)12-5-3-7-14(9-12)17(2)15-8-4-6-13(10-15)16(19)20/h3-10H,1-2H3,(H,19,20). The van der Waals surface area contributed by atoms with Crippen LogP contribution in [0.2, 0.25) is 0 Å². The second-order valence-electron chi connectivity index (χ2n) is 4.52. The average molecular weight is 269 g/mol. The highest BCUT2D eigenvalue weighted by molar-refractivity contribution is 5.95. The summed E-state index contributed by atoms with van der Waals surface area (Å²) in [6.07, 6.45) is 0. The van der Waals surface area contributed by atoms with E-state index in [9.17, 15) is 9.59 Å². The molecule has 2 aromatic rings. The molecule has 1 N–H and O–H groups in total. The van der Waals surface area contributed by atoms with Gasteiger partial charge in [0.25, 0.3) is 0 Å². The molecule has 2 rings (SSSR count). The molecule has 0 bridgehead atoms. The average Bonchev–Trinajstić information content (AvgIpc) is 2.46. The van der Waals surface area contributed by atoms with Crippen LogP contribution in [0.1, 0.15) is 27.6 Å². The number of nitrogens with zero attached hydrogens (tertiary/aromatic N) is 1. The largest absolute Gasteiger partial charge is 0.478 e. The number of anilines is 2. The van der Waals surface area contributed by atoms with Gasteiger partial charge in [-0.2, -0.15) is 0 Å². The van der Waals surface area contributed by atoms with Gasteiger partial charge in [0.15, 0.2) is 5.78 Å². The summed E-state index contributed by atoms with van der Waals surface area (Å²) in [5.41, 5.74) is 2.45. The SMILES string of the molecule is CC(=O)c1cccc(N(C)c2cccc(C(=O)O)c2)c1. The van der Waals surface area contributed by atoms with Gasteiger partial charge in [0, 0.05) is 24.0 Å². The molecule has 0 amide bonds. The van der Waals surface area contributed by atoms with E-state index in [0.717, 1.165) is 11.4 Å². The van der Waals surface area contributed by atoms with Crippen LogP contribution >= 0.6 is 0 Å². The number of carbonyl (C=O) groups excluding carboxylic acids is 1. The fourth-order valence-corrected chi connectivity index (χ4v) is 1.93. The number of hydrogen-bond acceptors (Lipinski definition) is 3. The molecule has 0 saturated heterocycles. The Bertz CT molecular complexity index is 607. The van der Waals surface area contributed by atoms with Crippen LogP contribution in [0.5, 0.6) is 0 Å². The number of hydrogen-bond donors (Lipinski definition) is 1. The highest BCUT2D eigenvalue weighted by Crippen LogP contribution is 2.25. The topological polar surface area (TPSA) is 57.6 Å². The van der Waals surface area contributed by atoms with E-state index in [0.29, 0.717) is 5.56 Å². The summed E-state index contributed by atoms with van der Waals surface area (Å²) in [5, 5.41) is 9.02. The van der Waals surface area contributed by atoms with Crippen LogP contribution in [-0.2, 0) is 0 Å².